The van der Waals surface area contributed by atoms with Crippen molar-refractivity contribution in [2.75, 3.05) is 13.2 Å². The minimum atomic E-state index is -1.54. The molecule has 2 N–H and O–H groups in total. The zero-order chi connectivity index (χ0) is 41.5. The third-order valence-electron chi connectivity index (χ3n) is 8.80. The molecule has 0 spiro atoms. The molecule has 4 heterocycles. The maximum Gasteiger partial charge on any atom is 0.526 e. The van der Waals surface area contributed by atoms with Gasteiger partial charge in [0.2, 0.25) is 10.6 Å². The monoisotopic (exact) mass is 896 g/mol. The Morgan fingerprint density at radius 3 is 1.56 bits per heavy atom. The highest BCUT2D eigenvalue weighted by Gasteiger charge is 2.19. The number of benzene rings is 4. The molecule has 0 amide bonds. The summed E-state index contributed by atoms with van der Waals surface area (Å²) in [5.41, 5.74) is 9.01. The average molecular weight is 898 g/mol. The number of carbonyl (C=O) groups excluding carboxylic acids is 2. The van der Waals surface area contributed by atoms with Gasteiger partial charge in [-0.05, 0) is 139 Å². The van der Waals surface area contributed by atoms with E-state index in [1.54, 1.807) is 44.2 Å². The first-order valence-corrected chi connectivity index (χ1v) is 20.4. The molecule has 4 aromatic carbocycles. The lowest BCUT2D eigenvalue weighted by Crippen LogP contribution is -2.27. The molecule has 0 saturated carbocycles. The van der Waals surface area contributed by atoms with Crippen LogP contribution in [-0.2, 0) is 9.47 Å². The Bertz CT molecular complexity index is 2610. The van der Waals surface area contributed by atoms with Gasteiger partial charge in [0, 0.05) is 21.9 Å². The van der Waals surface area contributed by atoms with E-state index in [-0.39, 0.29) is 25.0 Å². The second-order valence-electron chi connectivity index (χ2n) is 12.9. The number of halogens is 1. The fourth-order valence-electron chi connectivity index (χ4n) is 5.73. The number of esters is 2. The van der Waals surface area contributed by atoms with Crippen LogP contribution >= 0.6 is 39.0 Å². The Labute approximate surface area is 358 Å². The Morgan fingerprint density at radius 1 is 0.661 bits per heavy atom. The largest absolute Gasteiger partial charge is 0.526 e. The molecular formula is C43H42BBrN4O8S2. The van der Waals surface area contributed by atoms with E-state index in [0.717, 1.165) is 65.3 Å². The van der Waals surface area contributed by atoms with Crippen molar-refractivity contribution in [2.45, 2.75) is 49.0 Å². The van der Waals surface area contributed by atoms with E-state index in [9.17, 15) is 9.59 Å². The molecule has 0 aliphatic rings. The smallest absolute Gasteiger partial charge is 0.464 e. The molecule has 0 bridgehead atoms. The zero-order valence-corrected chi connectivity index (χ0v) is 35.6. The van der Waals surface area contributed by atoms with Crippen LogP contribution in [0.3, 0.4) is 0 Å². The highest BCUT2D eigenvalue weighted by molar-refractivity contribution is 9.10. The number of carbonyl (C=O) groups is 2. The van der Waals surface area contributed by atoms with Gasteiger partial charge in [0.05, 0.1) is 24.3 Å². The fourth-order valence-corrected chi connectivity index (χ4v) is 7.49. The quantitative estimate of drug-likeness (QED) is 0.109. The highest BCUT2D eigenvalue weighted by Crippen LogP contribution is 2.33. The number of aryl methyl sites for hydroxylation is 4. The topological polar surface area (TPSA) is 171 Å². The lowest BCUT2D eigenvalue weighted by Gasteiger charge is -2.02. The Morgan fingerprint density at radius 2 is 1.12 bits per heavy atom. The Hall–Kier alpha value is -5.52. The summed E-state index contributed by atoms with van der Waals surface area (Å²) in [7, 11) is -1.54. The second-order valence-corrected chi connectivity index (χ2v) is 15.1. The molecule has 0 aliphatic carbocycles. The SMILES string of the molecule is C.CCOC(=O)c1ccc(-c2nc(-c3cc4c(C)ccc(C)c4o3)ns2)cc1.CCOC(=O)c1ccc(-c2nc(Br)ns2)cc1.Cc1ccc(C)c2oc(B(O)O)cc12. The first-order valence-electron chi connectivity index (χ1n) is 18.1. The van der Waals surface area contributed by atoms with Gasteiger partial charge in [-0.2, -0.15) is 8.75 Å². The summed E-state index contributed by atoms with van der Waals surface area (Å²) in [5, 5.41) is 21.5. The van der Waals surface area contributed by atoms with Crippen molar-refractivity contribution >= 4 is 85.7 Å². The molecule has 0 atom stereocenters. The summed E-state index contributed by atoms with van der Waals surface area (Å²) >= 11 is 5.81. The Kier molecular flexibility index (Phi) is 15.1. The van der Waals surface area contributed by atoms with Gasteiger partial charge in [0.25, 0.3) is 0 Å². The van der Waals surface area contributed by atoms with Crippen LogP contribution in [0.25, 0.3) is 54.7 Å². The number of furan rings is 2. The molecule has 4 aromatic heterocycles. The highest BCUT2D eigenvalue weighted by atomic mass is 79.9. The minimum Gasteiger partial charge on any atom is -0.464 e. The molecule has 0 radical (unpaired) electrons. The first-order chi connectivity index (χ1) is 27.9. The van der Waals surface area contributed by atoms with Crippen LogP contribution in [0.1, 0.15) is 64.2 Å². The maximum absolute atomic E-state index is 11.8. The van der Waals surface area contributed by atoms with E-state index in [1.165, 1.54) is 23.1 Å². The lowest BCUT2D eigenvalue weighted by molar-refractivity contribution is 0.0517. The van der Waals surface area contributed by atoms with Crippen LogP contribution in [0.5, 0.6) is 0 Å². The van der Waals surface area contributed by atoms with Crippen molar-refractivity contribution in [2.24, 2.45) is 0 Å². The summed E-state index contributed by atoms with van der Waals surface area (Å²) in [6.07, 6.45) is 0. The van der Waals surface area contributed by atoms with Crippen molar-refractivity contribution in [1.29, 1.82) is 0 Å². The number of rotatable bonds is 8. The number of hydrogen-bond acceptors (Lipinski definition) is 14. The van der Waals surface area contributed by atoms with E-state index >= 15 is 0 Å². The zero-order valence-electron chi connectivity index (χ0n) is 32.4. The maximum atomic E-state index is 11.8. The molecule has 0 aliphatic heterocycles. The van der Waals surface area contributed by atoms with Crippen molar-refractivity contribution in [3.05, 3.63) is 123 Å². The minimum absolute atomic E-state index is 0. The first kappa shape index (κ1) is 44.6. The van der Waals surface area contributed by atoms with Gasteiger partial charge >= 0.3 is 19.1 Å². The summed E-state index contributed by atoms with van der Waals surface area (Å²) in [4.78, 5) is 32.0. The van der Waals surface area contributed by atoms with E-state index < -0.39 is 7.12 Å². The molecule has 12 nitrogen and oxygen atoms in total. The van der Waals surface area contributed by atoms with Gasteiger partial charge in [-0.1, -0.05) is 56.0 Å². The van der Waals surface area contributed by atoms with Gasteiger partial charge in [0.15, 0.2) is 5.76 Å². The van der Waals surface area contributed by atoms with Gasteiger partial charge in [-0.15, -0.1) is 0 Å². The average Bonchev–Trinajstić information content (AvgIpc) is 4.05. The van der Waals surface area contributed by atoms with Gasteiger partial charge in [-0.3, -0.25) is 0 Å². The van der Waals surface area contributed by atoms with Crippen LogP contribution in [0.4, 0.5) is 0 Å². The van der Waals surface area contributed by atoms with Crippen LogP contribution in [0, 0.1) is 27.7 Å². The number of nitrogens with zero attached hydrogens (tertiary/aromatic N) is 4. The molecule has 8 aromatic rings. The van der Waals surface area contributed by atoms with Gasteiger partial charge in [0.1, 0.15) is 26.8 Å². The molecule has 8 rings (SSSR count). The second kappa shape index (κ2) is 20.0. The van der Waals surface area contributed by atoms with Gasteiger partial charge in [-0.25, -0.2) is 19.6 Å². The van der Waals surface area contributed by atoms with Gasteiger partial charge < -0.3 is 28.4 Å². The van der Waals surface area contributed by atoms with Crippen molar-refractivity contribution in [3.63, 3.8) is 0 Å². The third kappa shape index (κ3) is 10.6. The van der Waals surface area contributed by atoms with E-state index in [0.29, 0.717) is 40.7 Å². The standard InChI is InChI=1S/C21H18N2O3S.C11H9BrN2O2S.C10H11BO3.CH4/c1-4-25-21(24)15-9-7-14(8-10-15)20-22-19(23-27-20)17-11-16-12(2)5-6-13(3)18(16)26-17;1-2-16-10(15)8-5-3-7(4-6-8)9-13-11(12)14-17-9;1-6-3-4-7(2)10-8(6)5-9(14-10)11(12)13;/h5-11H,4H2,1-3H3;3-6H,2H2,1H3;3-5,12-13H,1-2H3;1H4. The summed E-state index contributed by atoms with van der Waals surface area (Å²) < 4.78 is 30.3. The van der Waals surface area contributed by atoms with Crippen LogP contribution in [-0.4, -0.2) is 61.0 Å². The van der Waals surface area contributed by atoms with Crippen LogP contribution in [0.2, 0.25) is 0 Å². The van der Waals surface area contributed by atoms with Crippen molar-refractivity contribution < 1.29 is 37.9 Å². The molecule has 0 fully saturated rings. The number of ether oxygens (including phenoxy) is 2. The summed E-state index contributed by atoms with van der Waals surface area (Å²) in [6, 6.07) is 26.0. The number of fused-ring (bicyclic) bond motifs is 2. The normalized spacial score (nSPS) is 10.6. The molecular weight excluding hydrogens is 855 g/mol. The summed E-state index contributed by atoms with van der Waals surface area (Å²) in [5.74, 6) is 0.597. The molecule has 0 saturated heterocycles. The molecule has 16 heteroatoms. The summed E-state index contributed by atoms with van der Waals surface area (Å²) in [6.45, 7) is 12.3. The third-order valence-corrected chi connectivity index (χ3v) is 10.9. The number of hydrogen-bond donors (Lipinski definition) is 2. The Balaban J connectivity index is 0.000000178. The van der Waals surface area contributed by atoms with Crippen LogP contribution in [0.15, 0.2) is 98.5 Å². The number of aromatic nitrogens is 4. The van der Waals surface area contributed by atoms with E-state index in [4.69, 9.17) is 28.4 Å². The lowest BCUT2D eigenvalue weighted by atomic mass is 9.87. The molecule has 59 heavy (non-hydrogen) atoms. The fraction of sp³-hybridized carbons (Fsp3) is 0.209. The van der Waals surface area contributed by atoms with E-state index in [1.807, 2.05) is 63.2 Å². The van der Waals surface area contributed by atoms with E-state index in [2.05, 4.69) is 53.7 Å². The van der Waals surface area contributed by atoms with Crippen molar-refractivity contribution in [3.8, 4) is 32.7 Å². The van der Waals surface area contributed by atoms with Crippen LogP contribution < -0.4 is 5.66 Å². The molecule has 0 unspecified atom stereocenters. The molecule has 304 valence electrons. The predicted octanol–water partition coefficient (Wildman–Crippen LogP) is 9.92. The van der Waals surface area contributed by atoms with Crippen molar-refractivity contribution in [1.82, 2.24) is 18.7 Å². The predicted molar refractivity (Wildman–Crippen MR) is 237 cm³/mol.